The predicted octanol–water partition coefficient (Wildman–Crippen LogP) is 3.97. The minimum Gasteiger partial charge on any atom is -0.388 e. The molecule has 0 fully saturated rings. The van der Waals surface area contributed by atoms with E-state index in [1.807, 2.05) is 50.4 Å². The van der Waals surface area contributed by atoms with Crippen LogP contribution in [0.5, 0.6) is 0 Å². The number of aliphatic hydroxyl groups excluding tert-OH is 1. The maximum Gasteiger partial charge on any atom is 0.0787 e. The van der Waals surface area contributed by atoms with Gasteiger partial charge in [-0.15, -0.1) is 0 Å². The van der Waals surface area contributed by atoms with Crippen LogP contribution in [-0.4, -0.2) is 18.2 Å². The van der Waals surface area contributed by atoms with E-state index in [0.717, 1.165) is 18.4 Å². The van der Waals surface area contributed by atoms with Crippen LogP contribution in [0.1, 0.15) is 37.5 Å². The summed E-state index contributed by atoms with van der Waals surface area (Å²) in [5.41, 5.74) is 2.40. The van der Waals surface area contributed by atoms with Crippen molar-refractivity contribution in [2.24, 2.45) is 0 Å². The molecule has 0 spiro atoms. The van der Waals surface area contributed by atoms with E-state index < -0.39 is 0 Å². The molecule has 0 aliphatic rings. The molecule has 0 aliphatic carbocycles. The Balaban J connectivity index is 0.000000211. The van der Waals surface area contributed by atoms with Crippen LogP contribution in [0.25, 0.3) is 0 Å². The van der Waals surface area contributed by atoms with Crippen molar-refractivity contribution in [2.75, 3.05) is 7.05 Å². The van der Waals surface area contributed by atoms with Gasteiger partial charge in [-0.1, -0.05) is 67.6 Å². The zero-order valence-electron chi connectivity index (χ0n) is 13.3. The molecule has 2 N–H and O–H groups in total. The lowest BCUT2D eigenvalue weighted by Crippen LogP contribution is -2.23. The fourth-order valence-corrected chi connectivity index (χ4v) is 1.98. The Hall–Kier alpha value is -1.64. The highest BCUT2D eigenvalue weighted by Crippen LogP contribution is 2.14. The van der Waals surface area contributed by atoms with E-state index in [1.54, 1.807) is 0 Å². The van der Waals surface area contributed by atoms with Crippen molar-refractivity contribution in [3.63, 3.8) is 0 Å². The summed E-state index contributed by atoms with van der Waals surface area (Å²) >= 11 is 0. The highest BCUT2D eigenvalue weighted by atomic mass is 16.3. The van der Waals surface area contributed by atoms with Gasteiger partial charge in [-0.2, -0.15) is 0 Å². The van der Waals surface area contributed by atoms with Gasteiger partial charge in [0.25, 0.3) is 0 Å². The van der Waals surface area contributed by atoms with Gasteiger partial charge in [0.05, 0.1) is 6.10 Å². The summed E-state index contributed by atoms with van der Waals surface area (Å²) in [5, 5.41) is 12.5. The van der Waals surface area contributed by atoms with Gasteiger partial charge in [-0.05, 0) is 37.9 Å². The molecule has 0 bridgehead atoms. The first-order chi connectivity index (χ1) is 10.2. The summed E-state index contributed by atoms with van der Waals surface area (Å²) in [6.07, 6.45) is 1.60. The molecule has 0 saturated carbocycles. The smallest absolute Gasteiger partial charge is 0.0787 e. The van der Waals surface area contributed by atoms with Crippen LogP contribution in [0.4, 0.5) is 0 Å². The lowest BCUT2D eigenvalue weighted by atomic mass is 10.1. The highest BCUT2D eigenvalue weighted by Gasteiger charge is 2.01. The third-order valence-corrected chi connectivity index (χ3v) is 3.45. The first-order valence-corrected chi connectivity index (χ1v) is 7.61. The molecule has 2 unspecified atom stereocenters. The molecular weight excluding hydrogens is 258 g/mol. The number of rotatable bonds is 5. The predicted molar refractivity (Wildman–Crippen MR) is 90.4 cm³/mol. The van der Waals surface area contributed by atoms with Crippen molar-refractivity contribution < 1.29 is 5.11 Å². The van der Waals surface area contributed by atoms with Crippen molar-refractivity contribution in [3.8, 4) is 0 Å². The SMILES string of the molecule is CCC(O)c1ccccc1.CNC(C)Cc1ccccc1. The van der Waals surface area contributed by atoms with Gasteiger partial charge in [-0.3, -0.25) is 0 Å². The van der Waals surface area contributed by atoms with E-state index in [4.69, 9.17) is 0 Å². The zero-order chi connectivity index (χ0) is 15.5. The van der Waals surface area contributed by atoms with Crippen LogP contribution >= 0.6 is 0 Å². The third kappa shape index (κ3) is 7.07. The van der Waals surface area contributed by atoms with Crippen molar-refractivity contribution in [3.05, 3.63) is 71.8 Å². The maximum absolute atomic E-state index is 9.33. The highest BCUT2D eigenvalue weighted by molar-refractivity contribution is 5.17. The number of aliphatic hydroxyl groups is 1. The first kappa shape index (κ1) is 17.4. The Morgan fingerprint density at radius 3 is 1.95 bits per heavy atom. The van der Waals surface area contributed by atoms with Crippen molar-refractivity contribution in [1.29, 1.82) is 0 Å². The molecule has 0 aromatic heterocycles. The van der Waals surface area contributed by atoms with Crippen LogP contribution < -0.4 is 5.32 Å². The van der Waals surface area contributed by atoms with Crippen LogP contribution in [0.15, 0.2) is 60.7 Å². The normalized spacial score (nSPS) is 13.0. The fraction of sp³-hybridized carbons (Fsp3) is 0.368. The van der Waals surface area contributed by atoms with Crippen LogP contribution in [0.2, 0.25) is 0 Å². The summed E-state index contributed by atoms with van der Waals surface area (Å²) in [7, 11) is 1.99. The first-order valence-electron chi connectivity index (χ1n) is 7.61. The molecule has 0 radical (unpaired) electrons. The second kappa shape index (κ2) is 10.1. The maximum atomic E-state index is 9.33. The summed E-state index contributed by atoms with van der Waals surface area (Å²) in [4.78, 5) is 0. The average Bonchev–Trinajstić information content (AvgIpc) is 2.56. The van der Waals surface area contributed by atoms with E-state index in [-0.39, 0.29) is 6.10 Å². The van der Waals surface area contributed by atoms with Gasteiger partial charge in [0.1, 0.15) is 0 Å². The standard InChI is InChI=1S/C10H15N.C9H12O/c1-9(11-2)8-10-6-4-3-5-7-10;1-2-9(10)8-6-4-3-5-7-8/h3-7,9,11H,8H2,1-2H3;3-7,9-10H,2H2,1H3. The van der Waals surface area contributed by atoms with E-state index in [9.17, 15) is 5.11 Å². The molecule has 114 valence electrons. The van der Waals surface area contributed by atoms with Gasteiger partial charge in [0.2, 0.25) is 0 Å². The third-order valence-electron chi connectivity index (χ3n) is 3.45. The van der Waals surface area contributed by atoms with E-state index in [0.29, 0.717) is 6.04 Å². The topological polar surface area (TPSA) is 32.3 Å². The summed E-state index contributed by atoms with van der Waals surface area (Å²) in [6.45, 7) is 4.16. The van der Waals surface area contributed by atoms with Crippen molar-refractivity contribution in [1.82, 2.24) is 5.32 Å². The molecule has 0 saturated heterocycles. The largest absolute Gasteiger partial charge is 0.388 e. The minimum atomic E-state index is -0.291. The lowest BCUT2D eigenvalue weighted by Gasteiger charge is -2.08. The number of hydrogen-bond acceptors (Lipinski definition) is 2. The summed E-state index contributed by atoms with van der Waals surface area (Å²) in [6, 6.07) is 20.8. The quantitative estimate of drug-likeness (QED) is 0.871. The Labute approximate surface area is 128 Å². The average molecular weight is 285 g/mol. The van der Waals surface area contributed by atoms with Crippen LogP contribution in [0.3, 0.4) is 0 Å². The molecule has 0 aliphatic heterocycles. The van der Waals surface area contributed by atoms with Gasteiger partial charge in [0, 0.05) is 6.04 Å². The fourth-order valence-electron chi connectivity index (χ4n) is 1.98. The van der Waals surface area contributed by atoms with E-state index in [2.05, 4.69) is 36.5 Å². The van der Waals surface area contributed by atoms with Crippen molar-refractivity contribution in [2.45, 2.75) is 38.8 Å². The number of nitrogens with one attached hydrogen (secondary N) is 1. The van der Waals surface area contributed by atoms with E-state index in [1.165, 1.54) is 5.56 Å². The second-order valence-corrected chi connectivity index (χ2v) is 5.21. The molecule has 2 aromatic rings. The minimum absolute atomic E-state index is 0.291. The monoisotopic (exact) mass is 285 g/mol. The van der Waals surface area contributed by atoms with Crippen LogP contribution in [-0.2, 0) is 6.42 Å². The zero-order valence-corrected chi connectivity index (χ0v) is 13.3. The molecule has 2 nitrogen and oxygen atoms in total. The van der Waals surface area contributed by atoms with Gasteiger partial charge in [-0.25, -0.2) is 0 Å². The van der Waals surface area contributed by atoms with Crippen molar-refractivity contribution >= 4 is 0 Å². The van der Waals surface area contributed by atoms with Gasteiger partial charge >= 0.3 is 0 Å². The summed E-state index contributed by atoms with van der Waals surface area (Å²) in [5.74, 6) is 0. The van der Waals surface area contributed by atoms with Gasteiger partial charge < -0.3 is 10.4 Å². The van der Waals surface area contributed by atoms with E-state index >= 15 is 0 Å². The molecule has 21 heavy (non-hydrogen) atoms. The van der Waals surface area contributed by atoms with Gasteiger partial charge in [0.15, 0.2) is 0 Å². The molecular formula is C19H27NO. The Bertz CT molecular complexity index is 469. The van der Waals surface area contributed by atoms with Crippen LogP contribution in [0, 0.1) is 0 Å². The summed E-state index contributed by atoms with van der Waals surface area (Å²) < 4.78 is 0. The number of hydrogen-bond donors (Lipinski definition) is 2. The molecule has 2 heteroatoms. The Kier molecular flexibility index (Phi) is 8.41. The molecule has 0 amide bonds. The Morgan fingerprint density at radius 1 is 0.952 bits per heavy atom. The Morgan fingerprint density at radius 2 is 1.48 bits per heavy atom. The molecule has 0 heterocycles. The number of benzene rings is 2. The molecule has 2 rings (SSSR count). The number of likely N-dealkylation sites (N-methyl/N-ethyl adjacent to an activating group) is 1. The molecule has 2 aromatic carbocycles. The lowest BCUT2D eigenvalue weighted by molar-refractivity contribution is 0.173. The second-order valence-electron chi connectivity index (χ2n) is 5.21. The molecule has 2 atom stereocenters.